The Balaban J connectivity index is 1.62. The molecule has 1 amide bonds. The standard InChI is InChI=1S/C19H18N2O3S/c1-13(24-19(23)14-8-4-3-5-9-14)18(22)21(2)12-17-20-15-10-6-7-11-16(15)25-17/h3-11,13H,12H2,1-2H3/t13-/m0/s1. The molecular weight excluding hydrogens is 336 g/mol. The van der Waals surface area contributed by atoms with E-state index in [4.69, 9.17) is 4.74 Å². The summed E-state index contributed by atoms with van der Waals surface area (Å²) in [6.07, 6.45) is -0.855. The maximum Gasteiger partial charge on any atom is 0.338 e. The number of esters is 1. The van der Waals surface area contributed by atoms with Gasteiger partial charge in [0.1, 0.15) is 5.01 Å². The largest absolute Gasteiger partial charge is 0.449 e. The van der Waals surface area contributed by atoms with Gasteiger partial charge in [0.2, 0.25) is 0 Å². The first kappa shape index (κ1) is 17.1. The van der Waals surface area contributed by atoms with Crippen LogP contribution in [0.5, 0.6) is 0 Å². The van der Waals surface area contributed by atoms with Gasteiger partial charge in [-0.3, -0.25) is 4.79 Å². The lowest BCUT2D eigenvalue weighted by atomic mass is 10.2. The molecule has 25 heavy (non-hydrogen) atoms. The minimum atomic E-state index is -0.855. The summed E-state index contributed by atoms with van der Waals surface area (Å²) in [4.78, 5) is 30.6. The Labute approximate surface area is 149 Å². The summed E-state index contributed by atoms with van der Waals surface area (Å²) in [5, 5.41) is 0.846. The van der Waals surface area contributed by atoms with Crippen LogP contribution in [-0.2, 0) is 16.1 Å². The predicted molar refractivity (Wildman–Crippen MR) is 97.4 cm³/mol. The zero-order valence-electron chi connectivity index (χ0n) is 14.0. The number of benzene rings is 2. The molecule has 0 saturated carbocycles. The van der Waals surface area contributed by atoms with Crippen molar-refractivity contribution in [2.45, 2.75) is 19.6 Å². The van der Waals surface area contributed by atoms with Crippen molar-refractivity contribution in [3.63, 3.8) is 0 Å². The summed E-state index contributed by atoms with van der Waals surface area (Å²) in [5.74, 6) is -0.765. The average Bonchev–Trinajstić information content (AvgIpc) is 3.03. The van der Waals surface area contributed by atoms with Gasteiger partial charge in [0, 0.05) is 7.05 Å². The van der Waals surface area contributed by atoms with Gasteiger partial charge in [-0.25, -0.2) is 9.78 Å². The number of carbonyl (C=O) groups is 2. The first-order valence-electron chi connectivity index (χ1n) is 7.90. The quantitative estimate of drug-likeness (QED) is 0.658. The Morgan fingerprint density at radius 1 is 1.12 bits per heavy atom. The molecule has 0 saturated heterocycles. The second-order valence-corrected chi connectivity index (χ2v) is 6.80. The predicted octanol–water partition coefficient (Wildman–Crippen LogP) is 3.50. The third-order valence-corrected chi connectivity index (χ3v) is 4.75. The highest BCUT2D eigenvalue weighted by Crippen LogP contribution is 2.22. The maximum absolute atomic E-state index is 12.5. The topological polar surface area (TPSA) is 59.5 Å². The molecule has 128 valence electrons. The van der Waals surface area contributed by atoms with E-state index in [1.54, 1.807) is 49.6 Å². The molecule has 0 N–H and O–H groups in total. The van der Waals surface area contributed by atoms with Crippen molar-refractivity contribution in [1.29, 1.82) is 0 Å². The van der Waals surface area contributed by atoms with E-state index < -0.39 is 12.1 Å². The van der Waals surface area contributed by atoms with E-state index in [9.17, 15) is 9.59 Å². The molecule has 1 atom stereocenters. The Hall–Kier alpha value is -2.73. The van der Waals surface area contributed by atoms with Crippen LogP contribution in [0.1, 0.15) is 22.3 Å². The van der Waals surface area contributed by atoms with Crippen molar-refractivity contribution in [3.05, 3.63) is 65.2 Å². The fourth-order valence-corrected chi connectivity index (χ4v) is 3.45. The van der Waals surface area contributed by atoms with E-state index in [1.807, 2.05) is 30.3 Å². The Kier molecular flexibility index (Phi) is 5.09. The normalized spacial score (nSPS) is 11.9. The SMILES string of the molecule is C[C@H](OC(=O)c1ccccc1)C(=O)N(C)Cc1nc2ccccc2s1. The first-order valence-corrected chi connectivity index (χ1v) is 8.71. The molecule has 0 spiro atoms. The molecule has 0 aliphatic heterocycles. The lowest BCUT2D eigenvalue weighted by molar-refractivity contribution is -0.139. The Morgan fingerprint density at radius 2 is 1.80 bits per heavy atom. The lowest BCUT2D eigenvalue weighted by Gasteiger charge is -2.20. The molecule has 0 aliphatic rings. The number of para-hydroxylation sites is 1. The summed E-state index contributed by atoms with van der Waals surface area (Å²) >= 11 is 1.55. The second-order valence-electron chi connectivity index (χ2n) is 5.68. The second kappa shape index (κ2) is 7.44. The molecule has 0 aliphatic carbocycles. The minimum Gasteiger partial charge on any atom is -0.449 e. The molecule has 6 heteroatoms. The first-order chi connectivity index (χ1) is 12.0. The molecule has 0 radical (unpaired) electrons. The van der Waals surface area contributed by atoms with Crippen molar-refractivity contribution in [2.24, 2.45) is 0 Å². The molecule has 3 aromatic rings. The monoisotopic (exact) mass is 354 g/mol. The van der Waals surface area contributed by atoms with Crippen LogP contribution in [0, 0.1) is 0 Å². The van der Waals surface area contributed by atoms with E-state index in [-0.39, 0.29) is 5.91 Å². The number of ether oxygens (including phenoxy) is 1. The number of aromatic nitrogens is 1. The molecule has 5 nitrogen and oxygen atoms in total. The Morgan fingerprint density at radius 3 is 2.52 bits per heavy atom. The van der Waals surface area contributed by atoms with Crippen molar-refractivity contribution in [3.8, 4) is 0 Å². The molecule has 0 unspecified atom stereocenters. The van der Waals surface area contributed by atoms with Crippen LogP contribution < -0.4 is 0 Å². The van der Waals surface area contributed by atoms with E-state index in [0.29, 0.717) is 12.1 Å². The van der Waals surface area contributed by atoms with E-state index in [0.717, 1.165) is 15.2 Å². The zero-order valence-corrected chi connectivity index (χ0v) is 14.8. The summed E-state index contributed by atoms with van der Waals surface area (Å²) in [5.41, 5.74) is 1.35. The molecule has 1 aromatic heterocycles. The highest BCUT2D eigenvalue weighted by Gasteiger charge is 2.23. The third-order valence-electron chi connectivity index (χ3n) is 3.73. The molecule has 0 bridgehead atoms. The smallest absolute Gasteiger partial charge is 0.338 e. The van der Waals surface area contributed by atoms with Crippen LogP contribution in [0.25, 0.3) is 10.2 Å². The minimum absolute atomic E-state index is 0.261. The van der Waals surface area contributed by atoms with Crippen LogP contribution in [0.15, 0.2) is 54.6 Å². The van der Waals surface area contributed by atoms with Crippen molar-refractivity contribution in [2.75, 3.05) is 7.05 Å². The van der Waals surface area contributed by atoms with Crippen LogP contribution in [0.4, 0.5) is 0 Å². The van der Waals surface area contributed by atoms with Crippen LogP contribution >= 0.6 is 11.3 Å². The fraction of sp³-hybridized carbons (Fsp3) is 0.211. The molecule has 1 heterocycles. The molecule has 3 rings (SSSR count). The number of hydrogen-bond acceptors (Lipinski definition) is 5. The van der Waals surface area contributed by atoms with E-state index in [2.05, 4.69) is 4.98 Å². The zero-order chi connectivity index (χ0) is 17.8. The van der Waals surface area contributed by atoms with Crippen molar-refractivity contribution < 1.29 is 14.3 Å². The number of nitrogens with zero attached hydrogens (tertiary/aromatic N) is 2. The van der Waals surface area contributed by atoms with Crippen LogP contribution in [-0.4, -0.2) is 34.9 Å². The third kappa shape index (κ3) is 4.03. The molecular formula is C19H18N2O3S. The van der Waals surface area contributed by atoms with Gasteiger partial charge in [-0.1, -0.05) is 30.3 Å². The number of likely N-dealkylation sites (N-methyl/N-ethyl adjacent to an activating group) is 1. The molecule has 0 fully saturated rings. The van der Waals surface area contributed by atoms with Crippen molar-refractivity contribution >= 4 is 33.4 Å². The number of hydrogen-bond donors (Lipinski definition) is 0. The number of carbonyl (C=O) groups excluding carboxylic acids is 2. The number of fused-ring (bicyclic) bond motifs is 1. The summed E-state index contributed by atoms with van der Waals surface area (Å²) < 4.78 is 6.35. The van der Waals surface area contributed by atoms with Gasteiger partial charge in [-0.2, -0.15) is 0 Å². The van der Waals surface area contributed by atoms with E-state index >= 15 is 0 Å². The fourth-order valence-electron chi connectivity index (χ4n) is 2.43. The maximum atomic E-state index is 12.5. The van der Waals surface area contributed by atoms with Crippen LogP contribution in [0.2, 0.25) is 0 Å². The van der Waals surface area contributed by atoms with Gasteiger partial charge < -0.3 is 9.64 Å². The van der Waals surface area contributed by atoms with Gasteiger partial charge in [0.05, 0.1) is 22.3 Å². The lowest BCUT2D eigenvalue weighted by Crippen LogP contribution is -2.37. The van der Waals surface area contributed by atoms with Crippen LogP contribution in [0.3, 0.4) is 0 Å². The number of rotatable bonds is 5. The van der Waals surface area contributed by atoms with Crippen molar-refractivity contribution in [1.82, 2.24) is 9.88 Å². The highest BCUT2D eigenvalue weighted by atomic mass is 32.1. The van der Waals surface area contributed by atoms with Gasteiger partial charge >= 0.3 is 5.97 Å². The summed E-state index contributed by atoms with van der Waals surface area (Å²) in [6.45, 7) is 1.96. The average molecular weight is 354 g/mol. The van der Waals surface area contributed by atoms with Gasteiger partial charge in [0.25, 0.3) is 5.91 Å². The number of amides is 1. The summed E-state index contributed by atoms with van der Waals surface area (Å²) in [6, 6.07) is 16.5. The molecule has 2 aromatic carbocycles. The highest BCUT2D eigenvalue weighted by molar-refractivity contribution is 7.18. The van der Waals surface area contributed by atoms with E-state index in [1.165, 1.54) is 4.90 Å². The Bertz CT molecular complexity index is 859. The van der Waals surface area contributed by atoms with Gasteiger partial charge in [-0.05, 0) is 31.2 Å². The van der Waals surface area contributed by atoms with Gasteiger partial charge in [0.15, 0.2) is 6.10 Å². The van der Waals surface area contributed by atoms with Gasteiger partial charge in [-0.15, -0.1) is 11.3 Å². The number of thiazole rings is 1. The summed E-state index contributed by atoms with van der Waals surface area (Å²) in [7, 11) is 1.68.